The minimum atomic E-state index is 0.292. The van der Waals surface area contributed by atoms with Gasteiger partial charge in [0.05, 0.1) is 18.4 Å². The number of aliphatic hydroxyl groups is 1. The molecule has 0 spiro atoms. The van der Waals surface area contributed by atoms with Crippen LogP contribution in [0.5, 0.6) is 0 Å². The number of piperidine rings is 1. The summed E-state index contributed by atoms with van der Waals surface area (Å²) in [5.41, 5.74) is 0.803. The Morgan fingerprint density at radius 3 is 2.89 bits per heavy atom. The zero-order chi connectivity index (χ0) is 13.1. The van der Waals surface area contributed by atoms with E-state index in [0.717, 1.165) is 31.5 Å². The molecule has 0 unspecified atom stereocenters. The fraction of sp³-hybridized carbons (Fsp3) is 0.538. The molecule has 0 saturated carbocycles. The number of nitrogens with zero attached hydrogens (tertiary/aromatic N) is 3. The number of furan rings is 1. The first-order valence-corrected chi connectivity index (χ1v) is 6.53. The number of aromatic nitrogens is 2. The molecule has 1 N–H and O–H groups in total. The van der Waals surface area contributed by atoms with Crippen molar-refractivity contribution in [2.45, 2.75) is 19.4 Å². The van der Waals surface area contributed by atoms with Gasteiger partial charge in [-0.2, -0.15) is 4.98 Å². The molecule has 1 fully saturated rings. The summed E-state index contributed by atoms with van der Waals surface area (Å²) in [6.45, 7) is 2.93. The number of hydrogen-bond donors (Lipinski definition) is 1. The summed E-state index contributed by atoms with van der Waals surface area (Å²) in [7, 11) is 0. The summed E-state index contributed by atoms with van der Waals surface area (Å²) in [4.78, 5) is 6.65. The number of rotatable bonds is 4. The minimum Gasteiger partial charge on any atom is -0.472 e. The standard InChI is InChI=1S/C13H17N3O3/c17-8-10-1-4-16(5-2-10)7-12-14-13(19-15-12)11-3-6-18-9-11/h3,6,9-10,17H,1-2,4-5,7-8H2. The van der Waals surface area contributed by atoms with Crippen molar-refractivity contribution in [3.8, 4) is 11.5 Å². The van der Waals surface area contributed by atoms with Crippen LogP contribution in [0.3, 0.4) is 0 Å². The quantitative estimate of drug-likeness (QED) is 0.901. The van der Waals surface area contributed by atoms with E-state index in [1.54, 1.807) is 18.6 Å². The van der Waals surface area contributed by atoms with Crippen LogP contribution >= 0.6 is 0 Å². The van der Waals surface area contributed by atoms with Gasteiger partial charge in [-0.15, -0.1) is 0 Å². The van der Waals surface area contributed by atoms with Crippen LogP contribution in [0.4, 0.5) is 0 Å². The van der Waals surface area contributed by atoms with Gasteiger partial charge >= 0.3 is 0 Å². The van der Waals surface area contributed by atoms with Gasteiger partial charge in [-0.1, -0.05) is 5.16 Å². The summed E-state index contributed by atoms with van der Waals surface area (Å²) in [6, 6.07) is 1.80. The molecule has 19 heavy (non-hydrogen) atoms. The fourth-order valence-corrected chi connectivity index (χ4v) is 2.35. The zero-order valence-electron chi connectivity index (χ0n) is 10.7. The van der Waals surface area contributed by atoms with E-state index in [9.17, 15) is 0 Å². The Kier molecular flexibility index (Phi) is 3.61. The average Bonchev–Trinajstić information content (AvgIpc) is 3.10. The van der Waals surface area contributed by atoms with Crippen molar-refractivity contribution in [1.29, 1.82) is 0 Å². The SMILES string of the molecule is OCC1CCN(Cc2noc(-c3ccoc3)n2)CC1. The second-order valence-electron chi connectivity index (χ2n) is 4.93. The van der Waals surface area contributed by atoms with E-state index in [4.69, 9.17) is 14.0 Å². The maximum atomic E-state index is 9.11. The summed E-state index contributed by atoms with van der Waals surface area (Å²) < 4.78 is 10.2. The number of likely N-dealkylation sites (tertiary alicyclic amines) is 1. The third-order valence-electron chi connectivity index (χ3n) is 3.57. The van der Waals surface area contributed by atoms with Crippen molar-refractivity contribution in [2.75, 3.05) is 19.7 Å². The van der Waals surface area contributed by atoms with Crippen LogP contribution in [0.15, 0.2) is 27.5 Å². The van der Waals surface area contributed by atoms with Crippen LogP contribution in [0.1, 0.15) is 18.7 Å². The molecule has 2 aromatic heterocycles. The summed E-state index contributed by atoms with van der Waals surface area (Å²) in [5.74, 6) is 1.63. The molecule has 0 bridgehead atoms. The molecule has 3 heterocycles. The molecule has 6 nitrogen and oxygen atoms in total. The second-order valence-corrected chi connectivity index (χ2v) is 4.93. The Balaban J connectivity index is 1.59. The van der Waals surface area contributed by atoms with Gasteiger partial charge in [0.1, 0.15) is 6.26 Å². The van der Waals surface area contributed by atoms with Crippen LogP contribution in [-0.4, -0.2) is 39.8 Å². The molecule has 1 aliphatic heterocycles. The van der Waals surface area contributed by atoms with Crippen LogP contribution in [-0.2, 0) is 6.54 Å². The largest absolute Gasteiger partial charge is 0.472 e. The highest BCUT2D eigenvalue weighted by atomic mass is 16.5. The van der Waals surface area contributed by atoms with Crippen molar-refractivity contribution in [3.63, 3.8) is 0 Å². The molecular formula is C13H17N3O3. The van der Waals surface area contributed by atoms with Gasteiger partial charge in [0, 0.05) is 6.61 Å². The molecule has 0 atom stereocenters. The first-order chi connectivity index (χ1) is 9.35. The smallest absolute Gasteiger partial charge is 0.261 e. The lowest BCUT2D eigenvalue weighted by atomic mass is 9.98. The van der Waals surface area contributed by atoms with Gasteiger partial charge in [0.2, 0.25) is 0 Å². The lowest BCUT2D eigenvalue weighted by Crippen LogP contribution is -2.34. The fourth-order valence-electron chi connectivity index (χ4n) is 2.35. The van der Waals surface area contributed by atoms with E-state index in [0.29, 0.717) is 30.8 Å². The molecule has 102 valence electrons. The first-order valence-electron chi connectivity index (χ1n) is 6.53. The van der Waals surface area contributed by atoms with Crippen molar-refractivity contribution < 1.29 is 14.0 Å². The Labute approximate surface area is 111 Å². The molecule has 1 aliphatic rings. The Bertz CT molecular complexity index is 501. The first kappa shape index (κ1) is 12.4. The lowest BCUT2D eigenvalue weighted by Gasteiger charge is -2.29. The van der Waals surface area contributed by atoms with Crippen LogP contribution in [0.25, 0.3) is 11.5 Å². The highest BCUT2D eigenvalue weighted by Gasteiger charge is 2.20. The topological polar surface area (TPSA) is 75.5 Å². The van der Waals surface area contributed by atoms with Gasteiger partial charge in [-0.3, -0.25) is 4.90 Å². The molecule has 1 saturated heterocycles. The van der Waals surface area contributed by atoms with E-state index in [1.165, 1.54) is 0 Å². The van der Waals surface area contributed by atoms with Crippen molar-refractivity contribution in [3.05, 3.63) is 24.4 Å². The monoisotopic (exact) mass is 263 g/mol. The van der Waals surface area contributed by atoms with E-state index in [2.05, 4.69) is 15.0 Å². The van der Waals surface area contributed by atoms with Crippen molar-refractivity contribution >= 4 is 0 Å². The molecule has 6 heteroatoms. The Hall–Kier alpha value is -1.66. The minimum absolute atomic E-state index is 0.292. The highest BCUT2D eigenvalue weighted by molar-refractivity contribution is 5.49. The molecule has 0 aliphatic carbocycles. The highest BCUT2D eigenvalue weighted by Crippen LogP contribution is 2.20. The maximum Gasteiger partial charge on any atom is 0.261 e. The molecular weight excluding hydrogens is 246 g/mol. The van der Waals surface area contributed by atoms with E-state index in [-0.39, 0.29) is 0 Å². The summed E-state index contributed by atoms with van der Waals surface area (Å²) >= 11 is 0. The van der Waals surface area contributed by atoms with Crippen LogP contribution < -0.4 is 0 Å². The molecule has 3 rings (SSSR count). The van der Waals surface area contributed by atoms with Gasteiger partial charge in [0.25, 0.3) is 5.89 Å². The van der Waals surface area contributed by atoms with Gasteiger partial charge in [0.15, 0.2) is 5.82 Å². The third kappa shape index (κ3) is 2.85. The predicted octanol–water partition coefficient (Wildman–Crippen LogP) is 1.53. The Morgan fingerprint density at radius 1 is 1.37 bits per heavy atom. The lowest BCUT2D eigenvalue weighted by molar-refractivity contribution is 0.125. The zero-order valence-corrected chi connectivity index (χ0v) is 10.7. The predicted molar refractivity (Wildman–Crippen MR) is 67.1 cm³/mol. The van der Waals surface area contributed by atoms with Gasteiger partial charge in [-0.05, 0) is 37.9 Å². The molecule has 0 radical (unpaired) electrons. The second kappa shape index (κ2) is 5.54. The van der Waals surface area contributed by atoms with E-state index in [1.807, 2.05) is 0 Å². The average molecular weight is 263 g/mol. The van der Waals surface area contributed by atoms with Gasteiger partial charge in [-0.25, -0.2) is 0 Å². The Morgan fingerprint density at radius 2 is 2.21 bits per heavy atom. The molecule has 2 aromatic rings. The van der Waals surface area contributed by atoms with Crippen LogP contribution in [0.2, 0.25) is 0 Å². The van der Waals surface area contributed by atoms with Crippen LogP contribution in [0, 0.1) is 5.92 Å². The molecule has 0 aromatic carbocycles. The van der Waals surface area contributed by atoms with Crippen molar-refractivity contribution in [1.82, 2.24) is 15.0 Å². The van der Waals surface area contributed by atoms with E-state index >= 15 is 0 Å². The number of hydrogen-bond acceptors (Lipinski definition) is 6. The summed E-state index contributed by atoms with van der Waals surface area (Å²) in [6.07, 6.45) is 5.23. The number of aliphatic hydroxyl groups excluding tert-OH is 1. The van der Waals surface area contributed by atoms with E-state index < -0.39 is 0 Å². The maximum absolute atomic E-state index is 9.11. The van der Waals surface area contributed by atoms with Crippen molar-refractivity contribution in [2.24, 2.45) is 5.92 Å². The normalized spacial score (nSPS) is 17.9. The third-order valence-corrected chi connectivity index (χ3v) is 3.57. The molecule has 0 amide bonds. The summed E-state index contributed by atoms with van der Waals surface area (Å²) in [5, 5.41) is 13.1. The van der Waals surface area contributed by atoms with Gasteiger partial charge < -0.3 is 14.0 Å².